The minimum Gasteiger partial charge on any atom is -0.444 e. The predicted molar refractivity (Wildman–Crippen MR) is 165 cm³/mol. The molecule has 0 heterocycles. The molecule has 2 unspecified atom stereocenters. The molecule has 0 aliphatic heterocycles. The van der Waals surface area contributed by atoms with Crippen LogP contribution in [0.1, 0.15) is 73.9 Å². The number of ether oxygens (including phenoxy) is 1. The van der Waals surface area contributed by atoms with Gasteiger partial charge >= 0.3 is 6.09 Å². The lowest BCUT2D eigenvalue weighted by molar-refractivity contribution is -0.147. The van der Waals surface area contributed by atoms with Crippen molar-refractivity contribution in [2.45, 2.75) is 90.6 Å². The number of nitrogens with zero attached hydrogens (tertiary/aromatic N) is 1. The summed E-state index contributed by atoms with van der Waals surface area (Å²) in [6.07, 6.45) is 2.17. The standard InChI is InChI=1S/C35H43N3O4/c1-24-19-25(2)21-28(20-24)31(32(39)36-23-27-15-10-7-11-16-27)38(29-17-12-18-29)33(40)30(22-26-13-8-6-9-14-26)37-34(41)42-35(3,4)5/h6-11,13-16,19-21,29-31H,12,17-18,22-23H2,1-5H3,(H,36,39)(H,37,41). The second kappa shape index (κ2) is 13.7. The van der Waals surface area contributed by atoms with E-state index in [1.54, 1.807) is 25.7 Å². The Bertz CT molecular complexity index is 1340. The summed E-state index contributed by atoms with van der Waals surface area (Å²) in [7, 11) is 0. The van der Waals surface area contributed by atoms with Crippen LogP contribution in [0.4, 0.5) is 4.79 Å². The van der Waals surface area contributed by atoms with Crippen molar-refractivity contribution < 1.29 is 19.1 Å². The molecule has 0 radical (unpaired) electrons. The first kappa shape index (κ1) is 30.8. The van der Waals surface area contributed by atoms with Crippen molar-refractivity contribution in [2.75, 3.05) is 0 Å². The molecule has 0 saturated heterocycles. The Morgan fingerprint density at radius 3 is 1.98 bits per heavy atom. The third-order valence-corrected chi connectivity index (χ3v) is 7.39. The van der Waals surface area contributed by atoms with Crippen LogP contribution in [-0.4, -0.2) is 40.5 Å². The van der Waals surface area contributed by atoms with Gasteiger partial charge in [0, 0.05) is 19.0 Å². The molecule has 0 aromatic heterocycles. The largest absolute Gasteiger partial charge is 0.444 e. The van der Waals surface area contributed by atoms with Gasteiger partial charge in [0.1, 0.15) is 17.7 Å². The van der Waals surface area contributed by atoms with Crippen LogP contribution >= 0.6 is 0 Å². The van der Waals surface area contributed by atoms with Gasteiger partial charge in [-0.1, -0.05) is 90.0 Å². The van der Waals surface area contributed by atoms with Gasteiger partial charge in [-0.25, -0.2) is 4.79 Å². The van der Waals surface area contributed by atoms with Crippen molar-refractivity contribution in [3.05, 3.63) is 107 Å². The fourth-order valence-electron chi connectivity index (χ4n) is 5.35. The van der Waals surface area contributed by atoms with E-state index in [1.807, 2.05) is 86.6 Å². The monoisotopic (exact) mass is 569 g/mol. The topological polar surface area (TPSA) is 87.7 Å². The first-order valence-electron chi connectivity index (χ1n) is 14.8. The molecule has 7 nitrogen and oxygen atoms in total. The third-order valence-electron chi connectivity index (χ3n) is 7.39. The second-order valence-electron chi connectivity index (χ2n) is 12.2. The molecule has 2 atom stereocenters. The van der Waals surface area contributed by atoms with Gasteiger partial charge in [-0.2, -0.15) is 0 Å². The highest BCUT2D eigenvalue weighted by Crippen LogP contribution is 2.34. The van der Waals surface area contributed by atoms with Crippen molar-refractivity contribution in [2.24, 2.45) is 0 Å². The number of rotatable bonds is 10. The van der Waals surface area contributed by atoms with Gasteiger partial charge in [0.2, 0.25) is 11.8 Å². The summed E-state index contributed by atoms with van der Waals surface area (Å²) in [6.45, 7) is 9.69. The van der Waals surface area contributed by atoms with Crippen LogP contribution in [0.3, 0.4) is 0 Å². The maximum atomic E-state index is 14.6. The quantitative estimate of drug-likeness (QED) is 0.305. The summed E-state index contributed by atoms with van der Waals surface area (Å²) in [6, 6.07) is 23.4. The van der Waals surface area contributed by atoms with Gasteiger partial charge in [-0.3, -0.25) is 9.59 Å². The molecule has 1 aliphatic carbocycles. The molecule has 3 aromatic carbocycles. The van der Waals surface area contributed by atoms with Crippen LogP contribution in [0.2, 0.25) is 0 Å². The van der Waals surface area contributed by atoms with E-state index in [-0.39, 0.29) is 24.3 Å². The van der Waals surface area contributed by atoms with Crippen LogP contribution in [0.15, 0.2) is 78.9 Å². The van der Waals surface area contributed by atoms with E-state index in [0.29, 0.717) is 6.54 Å². The van der Waals surface area contributed by atoms with Gasteiger partial charge in [0.05, 0.1) is 0 Å². The van der Waals surface area contributed by atoms with Crippen LogP contribution in [0.5, 0.6) is 0 Å². The Kier molecular flexibility index (Phi) is 10.0. The summed E-state index contributed by atoms with van der Waals surface area (Å²) in [5, 5.41) is 5.94. The molecule has 7 heteroatoms. The molecule has 3 aromatic rings. The minimum absolute atomic E-state index is 0.121. The molecule has 0 bridgehead atoms. The molecule has 1 saturated carbocycles. The zero-order valence-electron chi connectivity index (χ0n) is 25.4. The van der Waals surface area contributed by atoms with Crippen molar-refractivity contribution in [3.8, 4) is 0 Å². The highest BCUT2D eigenvalue weighted by atomic mass is 16.6. The minimum atomic E-state index is -0.918. The number of nitrogens with one attached hydrogen (secondary N) is 2. The molecule has 42 heavy (non-hydrogen) atoms. The molecule has 2 N–H and O–H groups in total. The average Bonchev–Trinajstić information content (AvgIpc) is 2.89. The van der Waals surface area contributed by atoms with E-state index in [4.69, 9.17) is 4.74 Å². The number of amides is 3. The number of carbonyl (C=O) groups is 3. The molecule has 4 rings (SSSR count). The summed E-state index contributed by atoms with van der Waals surface area (Å²) in [4.78, 5) is 43.4. The normalized spacial score (nSPS) is 14.7. The summed E-state index contributed by atoms with van der Waals surface area (Å²) in [5.41, 5.74) is 3.93. The van der Waals surface area contributed by atoms with Gasteiger partial charge in [0.15, 0.2) is 0 Å². The number of aryl methyl sites for hydroxylation is 2. The maximum absolute atomic E-state index is 14.6. The number of carbonyl (C=O) groups excluding carboxylic acids is 3. The SMILES string of the molecule is Cc1cc(C)cc(C(C(=O)NCc2ccccc2)N(C(=O)C(Cc2ccccc2)NC(=O)OC(C)(C)C)C2CCC2)c1. The first-order chi connectivity index (χ1) is 20.0. The number of benzene rings is 3. The summed E-state index contributed by atoms with van der Waals surface area (Å²) in [5.74, 6) is -0.548. The van der Waals surface area contributed by atoms with Crippen molar-refractivity contribution in [3.63, 3.8) is 0 Å². The van der Waals surface area contributed by atoms with Crippen molar-refractivity contribution >= 4 is 17.9 Å². The summed E-state index contributed by atoms with van der Waals surface area (Å²) < 4.78 is 5.55. The Hall–Kier alpha value is -4.13. The first-order valence-corrected chi connectivity index (χ1v) is 14.8. The van der Waals surface area contributed by atoms with E-state index in [1.165, 1.54) is 0 Å². The zero-order valence-corrected chi connectivity index (χ0v) is 25.4. The summed E-state index contributed by atoms with van der Waals surface area (Å²) >= 11 is 0. The van der Waals surface area contributed by atoms with Crippen molar-refractivity contribution in [1.82, 2.24) is 15.5 Å². The molecular weight excluding hydrogens is 526 g/mol. The van der Waals surface area contributed by atoms with Gasteiger partial charge in [-0.05, 0) is 70.6 Å². The highest BCUT2D eigenvalue weighted by Gasteiger charge is 2.42. The molecule has 3 amide bonds. The maximum Gasteiger partial charge on any atom is 0.408 e. The third kappa shape index (κ3) is 8.44. The fourth-order valence-corrected chi connectivity index (χ4v) is 5.35. The molecule has 222 valence electrons. The van der Waals surface area contributed by atoms with Crippen LogP contribution in [0, 0.1) is 13.8 Å². The molecule has 1 fully saturated rings. The van der Waals surface area contributed by atoms with E-state index in [2.05, 4.69) is 16.7 Å². The van der Waals surface area contributed by atoms with Crippen LogP contribution in [0.25, 0.3) is 0 Å². The predicted octanol–water partition coefficient (Wildman–Crippen LogP) is 6.18. The van der Waals surface area contributed by atoms with Gasteiger partial charge in [-0.15, -0.1) is 0 Å². The van der Waals surface area contributed by atoms with Crippen molar-refractivity contribution in [1.29, 1.82) is 0 Å². The molecule has 0 spiro atoms. The Morgan fingerprint density at radius 1 is 0.881 bits per heavy atom. The molecule has 1 aliphatic rings. The van der Waals surface area contributed by atoms with Gasteiger partial charge in [0.25, 0.3) is 0 Å². The van der Waals surface area contributed by atoms with E-state index in [0.717, 1.165) is 47.1 Å². The lowest BCUT2D eigenvalue weighted by Crippen LogP contribution is -2.58. The number of hydrogen-bond acceptors (Lipinski definition) is 4. The lowest BCUT2D eigenvalue weighted by Gasteiger charge is -2.43. The number of alkyl carbamates (subject to hydrolysis) is 1. The average molecular weight is 570 g/mol. The second-order valence-corrected chi connectivity index (χ2v) is 12.2. The lowest BCUT2D eigenvalue weighted by atomic mass is 9.87. The zero-order chi connectivity index (χ0) is 30.3. The van der Waals surface area contributed by atoms with E-state index < -0.39 is 23.8 Å². The van der Waals surface area contributed by atoms with E-state index in [9.17, 15) is 14.4 Å². The fraction of sp³-hybridized carbons (Fsp3) is 0.400. The van der Waals surface area contributed by atoms with Gasteiger partial charge < -0.3 is 20.3 Å². The smallest absolute Gasteiger partial charge is 0.408 e. The van der Waals surface area contributed by atoms with Crippen LogP contribution < -0.4 is 10.6 Å². The Morgan fingerprint density at radius 2 is 1.45 bits per heavy atom. The van der Waals surface area contributed by atoms with Crippen LogP contribution in [-0.2, 0) is 27.3 Å². The van der Waals surface area contributed by atoms with E-state index >= 15 is 0 Å². The Labute approximate surface area is 249 Å². The highest BCUT2D eigenvalue weighted by molar-refractivity contribution is 5.92. The molecular formula is C35H43N3O4. The Balaban J connectivity index is 1.72. The number of hydrogen-bond donors (Lipinski definition) is 2.